The number of amidine groups is 1. The number of carbonyl (C=O) groups is 2. The van der Waals surface area contributed by atoms with E-state index < -0.39 is 6.04 Å². The van der Waals surface area contributed by atoms with Crippen LogP contribution in [0.2, 0.25) is 5.02 Å². The molecule has 0 radical (unpaired) electrons. The maximum atomic E-state index is 13.6. The number of rotatable bonds is 7. The van der Waals surface area contributed by atoms with Gasteiger partial charge in [0.25, 0.3) is 5.91 Å². The first kappa shape index (κ1) is 26.7. The molecule has 0 unspecified atom stereocenters. The van der Waals surface area contributed by atoms with Crippen LogP contribution in [0.1, 0.15) is 54.1 Å². The lowest BCUT2D eigenvalue weighted by atomic mass is 9.89. The maximum Gasteiger partial charge on any atom is 0.252 e. The third-order valence-corrected chi connectivity index (χ3v) is 7.64. The van der Waals surface area contributed by atoms with Crippen molar-refractivity contribution in [2.75, 3.05) is 13.1 Å². The van der Waals surface area contributed by atoms with Gasteiger partial charge in [0, 0.05) is 29.2 Å². The van der Waals surface area contributed by atoms with E-state index in [-0.39, 0.29) is 17.7 Å². The average molecular weight is 545 g/mol. The van der Waals surface area contributed by atoms with Crippen LogP contribution in [0.4, 0.5) is 0 Å². The van der Waals surface area contributed by atoms with Gasteiger partial charge in [0.2, 0.25) is 5.91 Å². The van der Waals surface area contributed by atoms with Crippen molar-refractivity contribution in [1.82, 2.24) is 26.7 Å². The molecular weight excluding hydrogens is 512 g/mol. The summed E-state index contributed by atoms with van der Waals surface area (Å²) in [5.74, 6) is 0.705. The molecule has 39 heavy (non-hydrogen) atoms. The number of hydrogen-bond donors (Lipinski definition) is 4. The number of hydrazine groups is 2. The second kappa shape index (κ2) is 11.9. The van der Waals surface area contributed by atoms with Crippen LogP contribution in [-0.2, 0) is 4.79 Å². The van der Waals surface area contributed by atoms with Gasteiger partial charge >= 0.3 is 0 Å². The van der Waals surface area contributed by atoms with Crippen LogP contribution in [-0.4, -0.2) is 41.7 Å². The first-order valence-electron chi connectivity index (χ1n) is 13.3. The highest BCUT2D eigenvalue weighted by Crippen LogP contribution is 2.30. The molecule has 0 saturated carbocycles. The third kappa shape index (κ3) is 6.08. The highest BCUT2D eigenvalue weighted by atomic mass is 35.5. The molecule has 202 valence electrons. The molecule has 1 atom stereocenters. The van der Waals surface area contributed by atoms with Crippen molar-refractivity contribution in [3.63, 3.8) is 0 Å². The first-order chi connectivity index (χ1) is 18.9. The largest absolute Gasteiger partial charge is 0.341 e. The number of nitrogens with zero attached hydrogens (tertiary/aromatic N) is 2. The lowest BCUT2D eigenvalue weighted by molar-refractivity contribution is -0.135. The fraction of sp³-hybridized carbons (Fsp3) is 0.300. The number of piperidine rings is 1. The van der Waals surface area contributed by atoms with Gasteiger partial charge in [-0.05, 0) is 65.6 Å². The molecule has 1 saturated heterocycles. The zero-order valence-electron chi connectivity index (χ0n) is 22.1. The summed E-state index contributed by atoms with van der Waals surface area (Å²) in [6.07, 6.45) is 1.77. The Balaban J connectivity index is 1.29. The minimum atomic E-state index is -0.613. The van der Waals surface area contributed by atoms with Gasteiger partial charge in [-0.15, -0.1) is 10.6 Å². The zero-order valence-corrected chi connectivity index (χ0v) is 22.8. The minimum Gasteiger partial charge on any atom is -0.341 e. The van der Waals surface area contributed by atoms with Crippen molar-refractivity contribution in [3.8, 4) is 11.1 Å². The molecule has 0 spiro atoms. The van der Waals surface area contributed by atoms with E-state index in [9.17, 15) is 9.59 Å². The van der Waals surface area contributed by atoms with Crippen LogP contribution < -0.4 is 21.8 Å². The highest BCUT2D eigenvalue weighted by Gasteiger charge is 2.32. The molecule has 3 aromatic carbocycles. The molecule has 9 heteroatoms. The molecule has 3 aromatic rings. The maximum absolute atomic E-state index is 13.6. The summed E-state index contributed by atoms with van der Waals surface area (Å²) in [6, 6.07) is 22.6. The van der Waals surface area contributed by atoms with Crippen LogP contribution in [0.25, 0.3) is 11.1 Å². The summed E-state index contributed by atoms with van der Waals surface area (Å²) in [5, 5.41) is 7.95. The monoisotopic (exact) mass is 544 g/mol. The smallest absolute Gasteiger partial charge is 0.252 e. The van der Waals surface area contributed by atoms with E-state index >= 15 is 0 Å². The molecule has 0 aromatic heterocycles. The number of carbonyl (C=O) groups excluding carboxylic acids is 2. The Morgan fingerprint density at radius 1 is 0.974 bits per heavy atom. The third-order valence-electron chi connectivity index (χ3n) is 7.39. The van der Waals surface area contributed by atoms with Gasteiger partial charge in [-0.1, -0.05) is 74.0 Å². The normalized spacial score (nSPS) is 16.3. The highest BCUT2D eigenvalue weighted by molar-refractivity contribution is 6.30. The number of amides is 2. The van der Waals surface area contributed by atoms with Crippen LogP contribution >= 0.6 is 11.6 Å². The fourth-order valence-corrected chi connectivity index (χ4v) is 5.33. The summed E-state index contributed by atoms with van der Waals surface area (Å²) < 4.78 is 0. The number of halogens is 1. The summed E-state index contributed by atoms with van der Waals surface area (Å²) in [6.45, 7) is 5.26. The average Bonchev–Trinajstić information content (AvgIpc) is 3.51. The lowest BCUT2D eigenvalue weighted by Gasteiger charge is -2.35. The van der Waals surface area contributed by atoms with Gasteiger partial charge in [-0.25, -0.2) is 5.53 Å². The van der Waals surface area contributed by atoms with Crippen molar-refractivity contribution >= 4 is 29.3 Å². The molecule has 8 nitrogen and oxygen atoms in total. The fourth-order valence-electron chi connectivity index (χ4n) is 5.20. The second-order valence-corrected chi connectivity index (χ2v) is 10.7. The van der Waals surface area contributed by atoms with E-state index in [1.54, 1.807) is 6.07 Å². The van der Waals surface area contributed by atoms with Crippen molar-refractivity contribution in [2.24, 2.45) is 11.0 Å². The standard InChI is InChI=1S/C30H33ClN6O2/c1-19(2)27(30(39)37-16-14-21(15-17-37)20-10-12-24(31)13-11-20)32-29(38)26-9-4-3-8-25(26)22-6-5-7-23(18-22)28-33-35-36-34-28/h3-13,18-19,21,27,35-36H,14-17H2,1-2H3,(H,32,38)(H,33,34)/t27-/m1/s1. The van der Waals surface area contributed by atoms with Gasteiger partial charge in [0.1, 0.15) is 6.04 Å². The Kier molecular flexibility index (Phi) is 8.14. The van der Waals surface area contributed by atoms with Gasteiger partial charge in [0.05, 0.1) is 0 Å². The quantitative estimate of drug-likeness (QED) is 0.352. The minimum absolute atomic E-state index is 0.0299. The van der Waals surface area contributed by atoms with E-state index in [1.165, 1.54) is 5.56 Å². The first-order valence-corrected chi connectivity index (χ1v) is 13.7. The molecule has 2 amide bonds. The molecule has 1 fully saturated rings. The topological polar surface area (TPSA) is 97.9 Å². The number of likely N-dealkylation sites (tertiary alicyclic amines) is 1. The van der Waals surface area contributed by atoms with E-state index in [1.807, 2.05) is 73.3 Å². The molecule has 2 heterocycles. The predicted molar refractivity (Wildman–Crippen MR) is 154 cm³/mol. The van der Waals surface area contributed by atoms with E-state index in [0.717, 1.165) is 34.6 Å². The SMILES string of the molecule is CC(C)[C@@H](NC(=O)c1ccccc1-c1cccc(C2=NNNN2)c1)C(=O)N1CCC(c2ccc(Cl)cc2)CC1. The van der Waals surface area contributed by atoms with Gasteiger partial charge in [0.15, 0.2) is 5.84 Å². The molecule has 2 aliphatic rings. The van der Waals surface area contributed by atoms with Crippen LogP contribution in [0.5, 0.6) is 0 Å². The Bertz CT molecular complexity index is 1370. The summed E-state index contributed by atoms with van der Waals surface area (Å²) in [7, 11) is 0. The summed E-state index contributed by atoms with van der Waals surface area (Å²) >= 11 is 6.04. The zero-order chi connectivity index (χ0) is 27.4. The Morgan fingerprint density at radius 3 is 2.38 bits per heavy atom. The lowest BCUT2D eigenvalue weighted by Crippen LogP contribution is -2.52. The number of hydrazone groups is 1. The van der Waals surface area contributed by atoms with E-state index in [4.69, 9.17) is 11.6 Å². The molecule has 0 bridgehead atoms. The molecule has 0 aliphatic carbocycles. The Hall–Kier alpha value is -3.88. The molecular formula is C30H33ClN6O2. The summed E-state index contributed by atoms with van der Waals surface area (Å²) in [4.78, 5) is 29.1. The van der Waals surface area contributed by atoms with Crippen molar-refractivity contribution < 1.29 is 9.59 Å². The predicted octanol–water partition coefficient (Wildman–Crippen LogP) is 4.44. The number of benzene rings is 3. The van der Waals surface area contributed by atoms with Crippen molar-refractivity contribution in [2.45, 2.75) is 38.6 Å². The molecule has 2 aliphatic heterocycles. The van der Waals surface area contributed by atoms with E-state index in [0.29, 0.717) is 30.4 Å². The molecule has 4 N–H and O–H groups in total. The summed E-state index contributed by atoms with van der Waals surface area (Å²) in [5.41, 5.74) is 12.7. The van der Waals surface area contributed by atoms with Crippen LogP contribution in [0, 0.1) is 5.92 Å². The van der Waals surface area contributed by atoms with Gasteiger partial charge < -0.3 is 10.2 Å². The molecule has 5 rings (SSSR count). The van der Waals surface area contributed by atoms with Crippen molar-refractivity contribution in [1.29, 1.82) is 0 Å². The van der Waals surface area contributed by atoms with Crippen LogP contribution in [0.15, 0.2) is 77.9 Å². The second-order valence-electron chi connectivity index (χ2n) is 10.3. The number of nitrogens with one attached hydrogen (secondary N) is 4. The van der Waals surface area contributed by atoms with Crippen molar-refractivity contribution in [3.05, 3.63) is 94.5 Å². The van der Waals surface area contributed by atoms with Gasteiger partial charge in [-0.2, -0.15) is 0 Å². The van der Waals surface area contributed by atoms with E-state index in [2.05, 4.69) is 39.0 Å². The number of hydrogen-bond acceptors (Lipinski definition) is 6. The Labute approximate surface area is 233 Å². The Morgan fingerprint density at radius 2 is 1.69 bits per heavy atom. The van der Waals surface area contributed by atoms with Crippen LogP contribution in [0.3, 0.4) is 0 Å². The van der Waals surface area contributed by atoms with Gasteiger partial charge in [-0.3, -0.25) is 15.0 Å².